The molecule has 0 fully saturated rings. The maximum absolute atomic E-state index is 11.9. The van der Waals surface area contributed by atoms with Crippen LogP contribution in [0.2, 0.25) is 0 Å². The summed E-state index contributed by atoms with van der Waals surface area (Å²) in [6.07, 6.45) is 1.46. The van der Waals surface area contributed by atoms with E-state index >= 15 is 0 Å². The van der Waals surface area contributed by atoms with Gasteiger partial charge in [0.05, 0.1) is 13.2 Å². The number of amides is 1. The Hall–Kier alpha value is -2.40. The second-order valence-corrected chi connectivity index (χ2v) is 4.72. The van der Waals surface area contributed by atoms with Crippen LogP contribution in [0.1, 0.15) is 27.2 Å². The first-order valence-electron chi connectivity index (χ1n) is 6.38. The van der Waals surface area contributed by atoms with Crippen LogP contribution in [0.5, 0.6) is 0 Å². The van der Waals surface area contributed by atoms with Crippen molar-refractivity contribution >= 4 is 5.91 Å². The van der Waals surface area contributed by atoms with Gasteiger partial charge in [-0.25, -0.2) is 0 Å². The molecule has 0 atom stereocenters. The molecule has 1 aliphatic heterocycles. The number of benzene rings is 1. The minimum Gasteiger partial charge on any atom is -0.372 e. The van der Waals surface area contributed by atoms with Gasteiger partial charge in [0, 0.05) is 24.9 Å². The topological polar surface area (TPSA) is 71.2 Å². The molecule has 5 heteroatoms. The number of carbonyl (C=O) groups excluding carboxylic acids is 1. The molecular formula is C15H14N2O3. The number of hydrogen-bond acceptors (Lipinski definition) is 3. The van der Waals surface area contributed by atoms with Crippen molar-refractivity contribution in [1.82, 2.24) is 10.3 Å². The molecule has 3 rings (SSSR count). The normalized spacial score (nSPS) is 13.0. The Morgan fingerprint density at radius 2 is 2.05 bits per heavy atom. The van der Waals surface area contributed by atoms with Gasteiger partial charge in [0.15, 0.2) is 5.43 Å². The van der Waals surface area contributed by atoms with Gasteiger partial charge in [-0.2, -0.15) is 0 Å². The van der Waals surface area contributed by atoms with Crippen LogP contribution in [0.15, 0.2) is 41.3 Å². The largest absolute Gasteiger partial charge is 0.372 e. The monoisotopic (exact) mass is 270 g/mol. The number of nitrogens with one attached hydrogen (secondary N) is 2. The number of H-pyrrole nitrogens is 1. The summed E-state index contributed by atoms with van der Waals surface area (Å²) in [6, 6.07) is 8.69. The highest BCUT2D eigenvalue weighted by molar-refractivity contribution is 5.92. The number of rotatable bonds is 3. The predicted octanol–water partition coefficient (Wildman–Crippen LogP) is 1.34. The summed E-state index contributed by atoms with van der Waals surface area (Å²) in [4.78, 5) is 25.8. The summed E-state index contributed by atoms with van der Waals surface area (Å²) < 4.78 is 5.35. The van der Waals surface area contributed by atoms with Crippen LogP contribution >= 0.6 is 0 Å². The molecular weight excluding hydrogens is 256 g/mol. The lowest BCUT2D eigenvalue weighted by Crippen LogP contribution is -2.24. The van der Waals surface area contributed by atoms with Gasteiger partial charge in [0.25, 0.3) is 5.91 Å². The molecule has 20 heavy (non-hydrogen) atoms. The van der Waals surface area contributed by atoms with E-state index in [1.807, 2.05) is 18.2 Å². The van der Waals surface area contributed by atoms with Gasteiger partial charge in [-0.05, 0) is 16.7 Å². The van der Waals surface area contributed by atoms with Crippen molar-refractivity contribution in [1.29, 1.82) is 0 Å². The van der Waals surface area contributed by atoms with Gasteiger partial charge >= 0.3 is 0 Å². The van der Waals surface area contributed by atoms with Crippen LogP contribution in [0, 0.1) is 0 Å². The lowest BCUT2D eigenvalue weighted by molar-refractivity contribution is 0.0946. The van der Waals surface area contributed by atoms with E-state index in [-0.39, 0.29) is 17.0 Å². The smallest absolute Gasteiger partial charge is 0.268 e. The van der Waals surface area contributed by atoms with Crippen LogP contribution in [0.25, 0.3) is 0 Å². The highest BCUT2D eigenvalue weighted by atomic mass is 16.5. The molecule has 2 N–H and O–H groups in total. The molecule has 5 nitrogen and oxygen atoms in total. The van der Waals surface area contributed by atoms with Crippen molar-refractivity contribution in [3.63, 3.8) is 0 Å². The fourth-order valence-corrected chi connectivity index (χ4v) is 2.19. The molecule has 0 spiro atoms. The number of aromatic amines is 1. The zero-order valence-corrected chi connectivity index (χ0v) is 10.8. The van der Waals surface area contributed by atoms with Crippen molar-refractivity contribution in [3.8, 4) is 0 Å². The van der Waals surface area contributed by atoms with E-state index in [0.29, 0.717) is 19.8 Å². The summed E-state index contributed by atoms with van der Waals surface area (Å²) in [5.74, 6) is -0.292. The number of ether oxygens (including phenoxy) is 1. The fraction of sp³-hybridized carbons (Fsp3) is 0.200. The Bertz CT molecular complexity index is 706. The molecule has 0 unspecified atom stereocenters. The second kappa shape index (κ2) is 5.30. The minimum atomic E-state index is -0.292. The summed E-state index contributed by atoms with van der Waals surface area (Å²) in [5.41, 5.74) is 3.46. The van der Waals surface area contributed by atoms with Gasteiger partial charge in [-0.1, -0.05) is 18.2 Å². The van der Waals surface area contributed by atoms with Gasteiger partial charge in [-0.3, -0.25) is 9.59 Å². The lowest BCUT2D eigenvalue weighted by atomic mass is 10.1. The summed E-state index contributed by atoms with van der Waals surface area (Å²) in [5, 5.41) is 2.78. The molecule has 0 bridgehead atoms. The van der Waals surface area contributed by atoms with Crippen molar-refractivity contribution in [2.75, 3.05) is 0 Å². The first-order valence-corrected chi connectivity index (χ1v) is 6.38. The maximum atomic E-state index is 11.9. The Balaban J connectivity index is 1.67. The summed E-state index contributed by atoms with van der Waals surface area (Å²) in [6.45, 7) is 1.71. The van der Waals surface area contributed by atoms with E-state index in [4.69, 9.17) is 4.74 Å². The molecule has 1 aromatic carbocycles. The highest BCUT2D eigenvalue weighted by Gasteiger charge is 2.12. The average molecular weight is 270 g/mol. The Labute approximate surface area is 115 Å². The number of carbonyl (C=O) groups is 1. The van der Waals surface area contributed by atoms with Gasteiger partial charge < -0.3 is 15.0 Å². The first-order chi connectivity index (χ1) is 9.72. The van der Waals surface area contributed by atoms with Crippen LogP contribution in [0.3, 0.4) is 0 Å². The Kier molecular flexibility index (Phi) is 3.35. The van der Waals surface area contributed by atoms with Crippen molar-refractivity contribution in [2.24, 2.45) is 0 Å². The van der Waals surface area contributed by atoms with Crippen LogP contribution in [-0.2, 0) is 24.5 Å². The van der Waals surface area contributed by atoms with Crippen molar-refractivity contribution in [2.45, 2.75) is 19.8 Å². The molecule has 1 amide bonds. The molecule has 102 valence electrons. The molecule has 0 saturated carbocycles. The Morgan fingerprint density at radius 3 is 2.90 bits per heavy atom. The Morgan fingerprint density at radius 1 is 1.20 bits per heavy atom. The predicted molar refractivity (Wildman–Crippen MR) is 73.2 cm³/mol. The third kappa shape index (κ3) is 2.62. The van der Waals surface area contributed by atoms with E-state index in [1.165, 1.54) is 29.5 Å². The van der Waals surface area contributed by atoms with E-state index in [1.54, 1.807) is 0 Å². The molecule has 0 radical (unpaired) electrons. The van der Waals surface area contributed by atoms with Crippen LogP contribution in [-0.4, -0.2) is 10.9 Å². The number of pyridine rings is 1. The quantitative estimate of drug-likeness (QED) is 0.884. The van der Waals surface area contributed by atoms with E-state index in [0.717, 1.165) is 5.56 Å². The molecule has 2 heterocycles. The number of hydrogen-bond donors (Lipinski definition) is 2. The summed E-state index contributed by atoms with van der Waals surface area (Å²) in [7, 11) is 0. The van der Waals surface area contributed by atoms with Crippen LogP contribution in [0.4, 0.5) is 0 Å². The highest BCUT2D eigenvalue weighted by Crippen LogP contribution is 2.20. The van der Waals surface area contributed by atoms with E-state index in [9.17, 15) is 9.59 Å². The third-order valence-electron chi connectivity index (χ3n) is 3.26. The summed E-state index contributed by atoms with van der Waals surface area (Å²) >= 11 is 0. The number of aromatic nitrogens is 1. The zero-order chi connectivity index (χ0) is 13.9. The minimum absolute atomic E-state index is 0.191. The molecule has 2 aromatic rings. The fourth-order valence-electron chi connectivity index (χ4n) is 2.19. The van der Waals surface area contributed by atoms with Gasteiger partial charge in [0.2, 0.25) is 0 Å². The van der Waals surface area contributed by atoms with E-state index < -0.39 is 0 Å². The maximum Gasteiger partial charge on any atom is 0.268 e. The molecule has 0 saturated heterocycles. The molecule has 0 aliphatic carbocycles. The second-order valence-electron chi connectivity index (χ2n) is 4.72. The van der Waals surface area contributed by atoms with Gasteiger partial charge in [0.1, 0.15) is 5.69 Å². The molecule has 1 aromatic heterocycles. The first kappa shape index (κ1) is 12.6. The third-order valence-corrected chi connectivity index (χ3v) is 3.26. The standard InChI is InChI=1S/C15H14N2O3/c18-13-3-4-16-14(6-13)15(19)17-7-10-1-2-11-8-20-9-12(11)5-10/h1-6H,7-9H2,(H,16,18)(H,17,19). The van der Waals surface area contributed by atoms with Crippen molar-refractivity contribution < 1.29 is 9.53 Å². The molecule has 1 aliphatic rings. The van der Waals surface area contributed by atoms with Gasteiger partial charge in [-0.15, -0.1) is 0 Å². The SMILES string of the molecule is O=C(NCc1ccc2c(c1)COC2)c1cc(=O)cc[nH]1. The number of fused-ring (bicyclic) bond motifs is 1. The van der Waals surface area contributed by atoms with Crippen LogP contribution < -0.4 is 10.7 Å². The zero-order valence-electron chi connectivity index (χ0n) is 10.8. The lowest BCUT2D eigenvalue weighted by Gasteiger charge is -2.06. The van der Waals surface area contributed by atoms with E-state index in [2.05, 4.69) is 10.3 Å². The van der Waals surface area contributed by atoms with Crippen molar-refractivity contribution in [3.05, 3.63) is 69.1 Å². The average Bonchev–Trinajstić information content (AvgIpc) is 2.92.